The van der Waals surface area contributed by atoms with Crippen molar-refractivity contribution in [3.05, 3.63) is 29.7 Å². The molecule has 2 aromatic heterocycles. The molecule has 0 amide bonds. The lowest BCUT2D eigenvalue weighted by Crippen LogP contribution is -2.27. The molecule has 2 aromatic rings. The minimum absolute atomic E-state index is 0.0169. The summed E-state index contributed by atoms with van der Waals surface area (Å²) in [7, 11) is 0. The molecule has 7 nitrogen and oxygen atoms in total. The topological polar surface area (TPSA) is 78.0 Å². The van der Waals surface area contributed by atoms with Gasteiger partial charge >= 0.3 is 0 Å². The zero-order chi connectivity index (χ0) is 18.0. The van der Waals surface area contributed by atoms with Crippen LogP contribution in [0.3, 0.4) is 0 Å². The molecule has 25 heavy (non-hydrogen) atoms. The predicted octanol–water partition coefficient (Wildman–Crippen LogP) is 3.01. The number of hydrogen-bond donors (Lipinski definition) is 1. The standard InChI is InChI=1S/C18H29N5O2/c1-6-23-11-14(10-20-23)15-13(7-8-24-15)9-19-12(2)16-21-17(22-25-16)18(3,4)5/h10-13,15,19H,6-9H2,1-5H3/t12-,13+,15-/m1/s1. The third kappa shape index (κ3) is 4.10. The van der Waals surface area contributed by atoms with Crippen LogP contribution in [0.4, 0.5) is 0 Å². The van der Waals surface area contributed by atoms with Gasteiger partial charge in [-0.25, -0.2) is 0 Å². The van der Waals surface area contributed by atoms with Gasteiger partial charge in [0.15, 0.2) is 5.82 Å². The highest BCUT2D eigenvalue weighted by Gasteiger charge is 2.31. The summed E-state index contributed by atoms with van der Waals surface area (Å²) in [5, 5.41) is 12.0. The van der Waals surface area contributed by atoms with Gasteiger partial charge in [0.1, 0.15) is 0 Å². The Labute approximate surface area is 149 Å². The van der Waals surface area contributed by atoms with Gasteiger partial charge in [0, 0.05) is 42.8 Å². The number of ether oxygens (including phenoxy) is 1. The summed E-state index contributed by atoms with van der Waals surface area (Å²) in [5.41, 5.74) is 1.05. The molecule has 1 N–H and O–H groups in total. The molecular weight excluding hydrogens is 318 g/mol. The van der Waals surface area contributed by atoms with Crippen molar-refractivity contribution in [1.82, 2.24) is 25.2 Å². The van der Waals surface area contributed by atoms with Crippen LogP contribution in [0.5, 0.6) is 0 Å². The van der Waals surface area contributed by atoms with Crippen LogP contribution in [0.2, 0.25) is 0 Å². The van der Waals surface area contributed by atoms with E-state index in [2.05, 4.69) is 61.4 Å². The average molecular weight is 347 g/mol. The molecule has 0 aliphatic carbocycles. The van der Waals surface area contributed by atoms with Crippen molar-refractivity contribution in [3.8, 4) is 0 Å². The maximum atomic E-state index is 5.95. The van der Waals surface area contributed by atoms with Crippen molar-refractivity contribution in [2.75, 3.05) is 13.2 Å². The van der Waals surface area contributed by atoms with E-state index in [1.165, 1.54) is 0 Å². The van der Waals surface area contributed by atoms with Crippen LogP contribution in [-0.2, 0) is 16.7 Å². The molecule has 7 heteroatoms. The third-order valence-corrected chi connectivity index (χ3v) is 4.69. The van der Waals surface area contributed by atoms with Crippen LogP contribution >= 0.6 is 0 Å². The van der Waals surface area contributed by atoms with Gasteiger partial charge in [0.2, 0.25) is 5.89 Å². The smallest absolute Gasteiger partial charge is 0.243 e. The van der Waals surface area contributed by atoms with Crippen LogP contribution < -0.4 is 5.32 Å². The van der Waals surface area contributed by atoms with Crippen molar-refractivity contribution in [1.29, 1.82) is 0 Å². The molecular formula is C18H29N5O2. The lowest BCUT2D eigenvalue weighted by molar-refractivity contribution is 0.0895. The molecule has 1 fully saturated rings. The highest BCUT2D eigenvalue weighted by Crippen LogP contribution is 2.34. The van der Waals surface area contributed by atoms with E-state index in [4.69, 9.17) is 9.26 Å². The van der Waals surface area contributed by atoms with Crippen LogP contribution in [0, 0.1) is 5.92 Å². The summed E-state index contributed by atoms with van der Waals surface area (Å²) in [6.07, 6.45) is 5.15. The van der Waals surface area contributed by atoms with Crippen LogP contribution in [0.25, 0.3) is 0 Å². The van der Waals surface area contributed by atoms with Crippen molar-refractivity contribution < 1.29 is 9.26 Å². The SMILES string of the molecule is CCn1cc([C@@H]2OCC[C@H]2CN[C@H](C)c2nc(C(C)(C)C)no2)cn1. The summed E-state index contributed by atoms with van der Waals surface area (Å²) in [6, 6.07) is 0.0169. The summed E-state index contributed by atoms with van der Waals surface area (Å²) < 4.78 is 13.3. The second-order valence-corrected chi connectivity index (χ2v) is 7.81. The zero-order valence-corrected chi connectivity index (χ0v) is 15.8. The van der Waals surface area contributed by atoms with E-state index in [1.807, 2.05) is 10.9 Å². The Bertz CT molecular complexity index is 688. The Morgan fingerprint density at radius 3 is 2.84 bits per heavy atom. The molecule has 138 valence electrons. The van der Waals surface area contributed by atoms with E-state index in [-0.39, 0.29) is 17.6 Å². The largest absolute Gasteiger partial charge is 0.373 e. The molecule has 1 saturated heterocycles. The maximum Gasteiger partial charge on any atom is 0.243 e. The third-order valence-electron chi connectivity index (χ3n) is 4.69. The summed E-state index contributed by atoms with van der Waals surface area (Å²) in [6.45, 7) is 12.9. The highest BCUT2D eigenvalue weighted by atomic mass is 16.5. The number of nitrogens with one attached hydrogen (secondary N) is 1. The summed E-state index contributed by atoms with van der Waals surface area (Å²) in [5.74, 6) is 1.80. The van der Waals surface area contributed by atoms with Gasteiger partial charge in [-0.15, -0.1) is 0 Å². The van der Waals surface area contributed by atoms with E-state index >= 15 is 0 Å². The Morgan fingerprint density at radius 1 is 1.40 bits per heavy atom. The van der Waals surface area contributed by atoms with Gasteiger partial charge in [-0.2, -0.15) is 10.1 Å². The van der Waals surface area contributed by atoms with Crippen molar-refractivity contribution >= 4 is 0 Å². The molecule has 0 aromatic carbocycles. The minimum atomic E-state index is -0.106. The molecule has 1 aliphatic rings. The average Bonchev–Trinajstić information content (AvgIpc) is 3.30. The van der Waals surface area contributed by atoms with Crippen molar-refractivity contribution in [2.45, 2.75) is 65.1 Å². The normalized spacial score (nSPS) is 22.4. The van der Waals surface area contributed by atoms with Crippen LogP contribution in [-0.4, -0.2) is 33.1 Å². The zero-order valence-electron chi connectivity index (χ0n) is 15.8. The van der Waals surface area contributed by atoms with Crippen LogP contribution in [0.15, 0.2) is 16.9 Å². The first kappa shape index (κ1) is 18.1. The van der Waals surface area contributed by atoms with Crippen LogP contribution in [0.1, 0.15) is 70.5 Å². The molecule has 1 aliphatic heterocycles. The lowest BCUT2D eigenvalue weighted by Gasteiger charge is -2.19. The van der Waals surface area contributed by atoms with Gasteiger partial charge in [0.25, 0.3) is 0 Å². The van der Waals surface area contributed by atoms with Gasteiger partial charge in [-0.3, -0.25) is 4.68 Å². The van der Waals surface area contributed by atoms with Gasteiger partial charge in [-0.05, 0) is 20.3 Å². The quantitative estimate of drug-likeness (QED) is 0.865. The molecule has 3 rings (SSSR count). The minimum Gasteiger partial charge on any atom is -0.373 e. The number of aromatic nitrogens is 4. The van der Waals surface area contributed by atoms with Crippen molar-refractivity contribution in [3.63, 3.8) is 0 Å². The Balaban J connectivity index is 1.59. The molecule has 0 unspecified atom stereocenters. The van der Waals surface area contributed by atoms with E-state index in [9.17, 15) is 0 Å². The maximum absolute atomic E-state index is 5.95. The molecule has 0 saturated carbocycles. The second kappa shape index (κ2) is 7.25. The molecule has 0 bridgehead atoms. The van der Waals surface area contributed by atoms with Gasteiger partial charge in [-0.1, -0.05) is 25.9 Å². The molecule has 0 radical (unpaired) electrons. The fraction of sp³-hybridized carbons (Fsp3) is 0.722. The van der Waals surface area contributed by atoms with E-state index in [0.29, 0.717) is 11.8 Å². The Hall–Kier alpha value is -1.73. The highest BCUT2D eigenvalue weighted by molar-refractivity contribution is 5.11. The van der Waals surface area contributed by atoms with E-state index < -0.39 is 0 Å². The number of aryl methyl sites for hydroxylation is 1. The lowest BCUT2D eigenvalue weighted by atomic mass is 9.96. The number of rotatable bonds is 6. The van der Waals surface area contributed by atoms with Crippen molar-refractivity contribution in [2.24, 2.45) is 5.92 Å². The van der Waals surface area contributed by atoms with E-state index in [0.717, 1.165) is 37.5 Å². The second-order valence-electron chi connectivity index (χ2n) is 7.81. The van der Waals surface area contributed by atoms with E-state index in [1.54, 1.807) is 0 Å². The number of hydrogen-bond acceptors (Lipinski definition) is 6. The molecule has 3 atom stereocenters. The fourth-order valence-electron chi connectivity index (χ4n) is 3.04. The molecule has 3 heterocycles. The monoisotopic (exact) mass is 347 g/mol. The first-order valence-corrected chi connectivity index (χ1v) is 9.10. The molecule has 0 spiro atoms. The van der Waals surface area contributed by atoms with Gasteiger partial charge < -0.3 is 14.6 Å². The fourth-order valence-corrected chi connectivity index (χ4v) is 3.04. The Morgan fingerprint density at radius 2 is 2.20 bits per heavy atom. The Kier molecular flexibility index (Phi) is 5.24. The number of nitrogens with zero attached hydrogens (tertiary/aromatic N) is 4. The summed E-state index contributed by atoms with van der Waals surface area (Å²) in [4.78, 5) is 4.53. The summed E-state index contributed by atoms with van der Waals surface area (Å²) >= 11 is 0. The van der Waals surface area contributed by atoms with Gasteiger partial charge in [0.05, 0.1) is 18.3 Å². The first-order chi connectivity index (χ1) is 11.9. The first-order valence-electron chi connectivity index (χ1n) is 9.10. The predicted molar refractivity (Wildman–Crippen MR) is 94.1 cm³/mol.